The van der Waals surface area contributed by atoms with Crippen molar-refractivity contribution in [2.75, 3.05) is 0 Å². The Kier molecular flexibility index (Phi) is 3.39. The Hall–Kier alpha value is -1.08. The van der Waals surface area contributed by atoms with Crippen molar-refractivity contribution in [3.63, 3.8) is 0 Å². The lowest BCUT2D eigenvalue weighted by Gasteiger charge is -2.31. The Morgan fingerprint density at radius 3 is 2.88 bits per heavy atom. The summed E-state index contributed by atoms with van der Waals surface area (Å²) in [6.45, 7) is 10.8. The van der Waals surface area contributed by atoms with E-state index in [4.69, 9.17) is 0 Å². The molecular weight excluding hydrogens is 206 g/mol. The smallest absolute Gasteiger partial charge is 0.0380 e. The van der Waals surface area contributed by atoms with Gasteiger partial charge in [-0.05, 0) is 36.3 Å². The van der Waals surface area contributed by atoms with Gasteiger partial charge >= 0.3 is 0 Å². The second-order valence-electron chi connectivity index (χ2n) is 5.89. The molecule has 1 nitrogen and oxygen atoms in total. The van der Waals surface area contributed by atoms with Crippen molar-refractivity contribution in [3.05, 3.63) is 48.0 Å². The fourth-order valence-electron chi connectivity index (χ4n) is 2.91. The van der Waals surface area contributed by atoms with E-state index in [9.17, 15) is 0 Å². The summed E-state index contributed by atoms with van der Waals surface area (Å²) in [4.78, 5) is 0. The molecule has 1 N–H and O–H groups in total. The van der Waals surface area contributed by atoms with E-state index in [1.807, 2.05) is 6.08 Å². The summed E-state index contributed by atoms with van der Waals surface area (Å²) in [5.74, 6) is 0. The molecule has 0 heterocycles. The van der Waals surface area contributed by atoms with E-state index in [-0.39, 0.29) is 0 Å². The van der Waals surface area contributed by atoms with Crippen LogP contribution < -0.4 is 5.32 Å². The molecule has 1 aliphatic carbocycles. The molecule has 2 rings (SSSR count). The molecule has 0 fully saturated rings. The maximum atomic E-state index is 3.82. The highest BCUT2D eigenvalue weighted by molar-refractivity contribution is 5.37. The minimum Gasteiger partial charge on any atom is -0.307 e. The molecule has 0 saturated carbocycles. The van der Waals surface area contributed by atoms with Crippen LogP contribution in [0.4, 0.5) is 0 Å². The molecular formula is C16H23N. The predicted octanol–water partition coefficient (Wildman–Crippen LogP) is 3.86. The van der Waals surface area contributed by atoms with Gasteiger partial charge in [-0.2, -0.15) is 0 Å². The maximum absolute atomic E-state index is 3.82. The third-order valence-electron chi connectivity index (χ3n) is 3.77. The van der Waals surface area contributed by atoms with Crippen molar-refractivity contribution in [1.29, 1.82) is 0 Å². The van der Waals surface area contributed by atoms with Crippen molar-refractivity contribution >= 4 is 0 Å². The topological polar surface area (TPSA) is 12.0 Å². The molecule has 0 radical (unpaired) electrons. The molecule has 2 unspecified atom stereocenters. The van der Waals surface area contributed by atoms with Gasteiger partial charge in [0.15, 0.2) is 0 Å². The van der Waals surface area contributed by atoms with Crippen LogP contribution in [0, 0.1) is 5.41 Å². The van der Waals surface area contributed by atoms with Gasteiger partial charge < -0.3 is 5.32 Å². The molecule has 0 saturated heterocycles. The molecule has 1 aromatic carbocycles. The molecule has 17 heavy (non-hydrogen) atoms. The largest absolute Gasteiger partial charge is 0.307 e. The summed E-state index contributed by atoms with van der Waals surface area (Å²) in [5, 5.41) is 3.75. The zero-order valence-electron chi connectivity index (χ0n) is 11.2. The lowest BCUT2D eigenvalue weighted by molar-refractivity contribution is 0.252. The summed E-state index contributed by atoms with van der Waals surface area (Å²) in [5.41, 5.74) is 3.29. The Labute approximate surface area is 105 Å². The van der Waals surface area contributed by atoms with Gasteiger partial charge in [-0.1, -0.05) is 44.2 Å². The van der Waals surface area contributed by atoms with Crippen molar-refractivity contribution in [2.45, 2.75) is 45.7 Å². The molecule has 2 atom stereocenters. The first-order valence-corrected chi connectivity index (χ1v) is 6.49. The summed E-state index contributed by atoms with van der Waals surface area (Å²) in [7, 11) is 0. The zero-order valence-corrected chi connectivity index (χ0v) is 11.2. The van der Waals surface area contributed by atoms with E-state index in [1.165, 1.54) is 17.5 Å². The minimum absolute atomic E-state index is 0.305. The van der Waals surface area contributed by atoms with E-state index >= 15 is 0 Å². The van der Waals surface area contributed by atoms with Crippen LogP contribution in [0.2, 0.25) is 0 Å². The normalized spacial score (nSPS) is 23.1. The molecule has 0 spiro atoms. The van der Waals surface area contributed by atoms with E-state index in [0.717, 1.165) is 6.42 Å². The molecule has 0 aromatic heterocycles. The molecule has 0 aliphatic heterocycles. The molecule has 92 valence electrons. The number of rotatable bonds is 4. The lowest BCUT2D eigenvalue weighted by atomic mass is 9.85. The Bertz CT molecular complexity index is 406. The second-order valence-corrected chi connectivity index (χ2v) is 5.89. The minimum atomic E-state index is 0.305. The standard InChI is InChI=1S/C16H23N/c1-5-8-12(2)17-15-14-10-7-6-9-13(14)11-16(15,3)4/h5-7,9-10,12,15,17H,1,8,11H2,2-4H3. The van der Waals surface area contributed by atoms with E-state index in [2.05, 4.69) is 56.9 Å². The van der Waals surface area contributed by atoms with E-state index < -0.39 is 0 Å². The molecule has 1 aliphatic rings. The van der Waals surface area contributed by atoms with Crippen molar-refractivity contribution in [2.24, 2.45) is 5.41 Å². The van der Waals surface area contributed by atoms with Crippen LogP contribution >= 0.6 is 0 Å². The van der Waals surface area contributed by atoms with Gasteiger partial charge in [-0.25, -0.2) is 0 Å². The SMILES string of the molecule is C=CCC(C)NC1c2ccccc2CC1(C)C. The molecule has 0 bridgehead atoms. The van der Waals surface area contributed by atoms with Crippen LogP contribution in [0.5, 0.6) is 0 Å². The molecule has 0 amide bonds. The quantitative estimate of drug-likeness (QED) is 0.773. The average molecular weight is 229 g/mol. The van der Waals surface area contributed by atoms with Crippen LogP contribution in [-0.4, -0.2) is 6.04 Å². The Morgan fingerprint density at radius 1 is 1.47 bits per heavy atom. The first kappa shape index (κ1) is 12.4. The number of fused-ring (bicyclic) bond motifs is 1. The first-order valence-electron chi connectivity index (χ1n) is 6.49. The fourth-order valence-corrected chi connectivity index (χ4v) is 2.91. The lowest BCUT2D eigenvalue weighted by Crippen LogP contribution is -2.36. The highest BCUT2D eigenvalue weighted by Gasteiger charge is 2.38. The van der Waals surface area contributed by atoms with Crippen molar-refractivity contribution in [3.8, 4) is 0 Å². The highest BCUT2D eigenvalue weighted by atomic mass is 15.0. The maximum Gasteiger partial charge on any atom is 0.0380 e. The van der Waals surface area contributed by atoms with Crippen molar-refractivity contribution < 1.29 is 0 Å². The highest BCUT2D eigenvalue weighted by Crippen LogP contribution is 2.45. The van der Waals surface area contributed by atoms with Gasteiger partial charge in [-0.15, -0.1) is 6.58 Å². The van der Waals surface area contributed by atoms with Gasteiger partial charge in [0.25, 0.3) is 0 Å². The van der Waals surface area contributed by atoms with Crippen LogP contribution in [0.3, 0.4) is 0 Å². The van der Waals surface area contributed by atoms with Gasteiger partial charge in [0.2, 0.25) is 0 Å². The third-order valence-corrected chi connectivity index (χ3v) is 3.77. The third kappa shape index (κ3) is 2.44. The summed E-state index contributed by atoms with van der Waals surface area (Å²) < 4.78 is 0. The Morgan fingerprint density at radius 2 is 2.18 bits per heavy atom. The summed E-state index contributed by atoms with van der Waals surface area (Å²) >= 11 is 0. The van der Waals surface area contributed by atoms with E-state index in [1.54, 1.807) is 0 Å². The number of benzene rings is 1. The van der Waals surface area contributed by atoms with Crippen LogP contribution in [0.25, 0.3) is 0 Å². The Balaban J connectivity index is 2.22. The monoisotopic (exact) mass is 229 g/mol. The van der Waals surface area contributed by atoms with Gasteiger partial charge in [0, 0.05) is 12.1 Å². The zero-order chi connectivity index (χ0) is 12.5. The molecule has 1 heteroatoms. The van der Waals surface area contributed by atoms with Gasteiger partial charge in [0.1, 0.15) is 0 Å². The summed E-state index contributed by atoms with van der Waals surface area (Å²) in [6.07, 6.45) is 4.18. The van der Waals surface area contributed by atoms with E-state index in [0.29, 0.717) is 17.5 Å². The van der Waals surface area contributed by atoms with Gasteiger partial charge in [0.05, 0.1) is 0 Å². The van der Waals surface area contributed by atoms with Crippen LogP contribution in [-0.2, 0) is 6.42 Å². The summed E-state index contributed by atoms with van der Waals surface area (Å²) in [6, 6.07) is 9.77. The fraction of sp³-hybridized carbons (Fsp3) is 0.500. The predicted molar refractivity (Wildman–Crippen MR) is 74.1 cm³/mol. The first-order chi connectivity index (χ1) is 8.04. The van der Waals surface area contributed by atoms with Gasteiger partial charge in [-0.3, -0.25) is 0 Å². The van der Waals surface area contributed by atoms with Crippen LogP contribution in [0.1, 0.15) is 44.4 Å². The van der Waals surface area contributed by atoms with Crippen LogP contribution in [0.15, 0.2) is 36.9 Å². The van der Waals surface area contributed by atoms with Crippen molar-refractivity contribution in [1.82, 2.24) is 5.32 Å². The second kappa shape index (κ2) is 4.66. The average Bonchev–Trinajstić information content (AvgIpc) is 2.51. The number of hydrogen-bond acceptors (Lipinski definition) is 1. The molecule has 1 aromatic rings. The number of nitrogens with one attached hydrogen (secondary N) is 1. The number of hydrogen-bond donors (Lipinski definition) is 1.